The summed E-state index contributed by atoms with van der Waals surface area (Å²) in [7, 11) is 0. The molecule has 0 aromatic carbocycles. The van der Waals surface area contributed by atoms with Gasteiger partial charge in [-0.25, -0.2) is 0 Å². The van der Waals surface area contributed by atoms with Crippen molar-refractivity contribution in [3.05, 3.63) is 0 Å². The maximum atomic E-state index is 11.5. The Morgan fingerprint density at radius 1 is 1.44 bits per heavy atom. The summed E-state index contributed by atoms with van der Waals surface area (Å²) in [6.07, 6.45) is -0.766. The number of piperazine rings is 1. The van der Waals surface area contributed by atoms with Gasteiger partial charge in [-0.3, -0.25) is 14.4 Å². The monoisotopic (exact) mass is 229 g/mol. The SMILES string of the molecule is C[C@H](O)[C@@H]1NC(=O)[C@H](CCC(N)=O)NC1=O. The van der Waals surface area contributed by atoms with Crippen LogP contribution < -0.4 is 16.4 Å². The van der Waals surface area contributed by atoms with E-state index in [1.807, 2.05) is 0 Å². The highest BCUT2D eigenvalue weighted by Gasteiger charge is 2.35. The molecule has 1 heterocycles. The van der Waals surface area contributed by atoms with Crippen LogP contribution >= 0.6 is 0 Å². The molecule has 3 amide bonds. The molecule has 16 heavy (non-hydrogen) atoms. The quantitative estimate of drug-likeness (QED) is 0.430. The van der Waals surface area contributed by atoms with Gasteiger partial charge in [0.05, 0.1) is 6.10 Å². The summed E-state index contributed by atoms with van der Waals surface area (Å²) in [5.41, 5.74) is 4.94. The van der Waals surface area contributed by atoms with E-state index in [2.05, 4.69) is 10.6 Å². The summed E-state index contributed by atoms with van der Waals surface area (Å²) < 4.78 is 0. The number of carbonyl (C=O) groups excluding carboxylic acids is 3. The van der Waals surface area contributed by atoms with Gasteiger partial charge in [0.15, 0.2) is 0 Å². The normalized spacial score (nSPS) is 26.9. The molecule has 7 heteroatoms. The molecule has 0 bridgehead atoms. The second-order valence-electron chi connectivity index (χ2n) is 3.79. The minimum atomic E-state index is -0.957. The first-order chi connectivity index (χ1) is 7.41. The number of primary amides is 1. The molecule has 1 aliphatic rings. The Hall–Kier alpha value is -1.63. The number of amides is 3. The van der Waals surface area contributed by atoms with Crippen molar-refractivity contribution in [1.82, 2.24) is 10.6 Å². The molecule has 0 aromatic heterocycles. The Kier molecular flexibility index (Phi) is 3.83. The lowest BCUT2D eigenvalue weighted by Crippen LogP contribution is -2.64. The van der Waals surface area contributed by atoms with Gasteiger partial charge in [-0.1, -0.05) is 0 Å². The van der Waals surface area contributed by atoms with Crippen molar-refractivity contribution in [3.63, 3.8) is 0 Å². The smallest absolute Gasteiger partial charge is 0.245 e. The number of nitrogens with two attached hydrogens (primary N) is 1. The Morgan fingerprint density at radius 3 is 2.56 bits per heavy atom. The summed E-state index contributed by atoms with van der Waals surface area (Å²) in [4.78, 5) is 33.5. The lowest BCUT2D eigenvalue weighted by atomic mass is 10.0. The third-order valence-electron chi connectivity index (χ3n) is 2.38. The molecule has 1 rings (SSSR count). The van der Waals surface area contributed by atoms with E-state index in [0.717, 1.165) is 0 Å². The van der Waals surface area contributed by atoms with Crippen LogP contribution in [0.4, 0.5) is 0 Å². The average molecular weight is 229 g/mol. The van der Waals surface area contributed by atoms with Crippen LogP contribution in [0.25, 0.3) is 0 Å². The van der Waals surface area contributed by atoms with E-state index in [1.165, 1.54) is 6.92 Å². The zero-order chi connectivity index (χ0) is 12.3. The van der Waals surface area contributed by atoms with Gasteiger partial charge in [0.1, 0.15) is 12.1 Å². The van der Waals surface area contributed by atoms with E-state index in [-0.39, 0.29) is 12.8 Å². The molecular formula is C9H15N3O4. The highest BCUT2D eigenvalue weighted by atomic mass is 16.3. The van der Waals surface area contributed by atoms with Crippen molar-refractivity contribution in [3.8, 4) is 0 Å². The van der Waals surface area contributed by atoms with Crippen molar-refractivity contribution in [2.45, 2.75) is 38.0 Å². The molecule has 0 aromatic rings. The Balaban J connectivity index is 2.56. The minimum absolute atomic E-state index is 0.0255. The van der Waals surface area contributed by atoms with Crippen LogP contribution in [0.2, 0.25) is 0 Å². The number of aliphatic hydroxyl groups is 1. The Bertz CT molecular complexity index is 316. The Labute approximate surface area is 92.4 Å². The zero-order valence-electron chi connectivity index (χ0n) is 8.90. The van der Waals surface area contributed by atoms with Gasteiger partial charge in [0.2, 0.25) is 17.7 Å². The highest BCUT2D eigenvalue weighted by Crippen LogP contribution is 2.06. The summed E-state index contributed by atoms with van der Waals surface area (Å²) >= 11 is 0. The minimum Gasteiger partial charge on any atom is -0.391 e. The van der Waals surface area contributed by atoms with Gasteiger partial charge >= 0.3 is 0 Å². The van der Waals surface area contributed by atoms with Gasteiger partial charge in [-0.15, -0.1) is 0 Å². The van der Waals surface area contributed by atoms with Gasteiger partial charge in [-0.05, 0) is 13.3 Å². The number of aliphatic hydroxyl groups excluding tert-OH is 1. The summed E-state index contributed by atoms with van der Waals surface area (Å²) in [6.45, 7) is 1.41. The topological polar surface area (TPSA) is 122 Å². The van der Waals surface area contributed by atoms with Crippen molar-refractivity contribution >= 4 is 17.7 Å². The van der Waals surface area contributed by atoms with Crippen molar-refractivity contribution in [1.29, 1.82) is 0 Å². The van der Waals surface area contributed by atoms with Crippen LogP contribution in [0.5, 0.6) is 0 Å². The molecule has 7 nitrogen and oxygen atoms in total. The fourth-order valence-corrected chi connectivity index (χ4v) is 1.48. The van der Waals surface area contributed by atoms with Gasteiger partial charge in [0, 0.05) is 6.42 Å². The molecular weight excluding hydrogens is 214 g/mol. The fraction of sp³-hybridized carbons (Fsp3) is 0.667. The number of nitrogens with one attached hydrogen (secondary N) is 2. The molecule has 1 saturated heterocycles. The second-order valence-corrected chi connectivity index (χ2v) is 3.79. The van der Waals surface area contributed by atoms with E-state index in [9.17, 15) is 19.5 Å². The van der Waals surface area contributed by atoms with Crippen LogP contribution in [0.15, 0.2) is 0 Å². The maximum absolute atomic E-state index is 11.5. The lowest BCUT2D eigenvalue weighted by Gasteiger charge is -2.30. The first-order valence-electron chi connectivity index (χ1n) is 4.99. The third kappa shape index (κ3) is 2.93. The number of hydrogen-bond acceptors (Lipinski definition) is 4. The molecule has 1 aliphatic heterocycles. The maximum Gasteiger partial charge on any atom is 0.245 e. The standard InChI is InChI=1S/C9H15N3O4/c1-4(13)7-9(16)11-5(8(15)12-7)2-3-6(10)14/h4-5,7,13H,2-3H2,1H3,(H2,10,14)(H,11,16)(H,12,15)/t4-,5-,7-/m0/s1. The van der Waals surface area contributed by atoms with E-state index in [0.29, 0.717) is 0 Å². The molecule has 1 fully saturated rings. The molecule has 3 atom stereocenters. The first-order valence-corrected chi connectivity index (χ1v) is 4.99. The van der Waals surface area contributed by atoms with Crippen LogP contribution in [0.3, 0.4) is 0 Å². The fourth-order valence-electron chi connectivity index (χ4n) is 1.48. The largest absolute Gasteiger partial charge is 0.391 e. The van der Waals surface area contributed by atoms with E-state index in [4.69, 9.17) is 5.73 Å². The zero-order valence-corrected chi connectivity index (χ0v) is 8.90. The molecule has 0 aliphatic carbocycles. The van der Waals surface area contributed by atoms with Crippen LogP contribution in [0, 0.1) is 0 Å². The van der Waals surface area contributed by atoms with E-state index < -0.39 is 35.9 Å². The third-order valence-corrected chi connectivity index (χ3v) is 2.38. The van der Waals surface area contributed by atoms with Gasteiger partial charge in [-0.2, -0.15) is 0 Å². The number of hydrogen-bond donors (Lipinski definition) is 4. The predicted octanol–water partition coefficient (Wildman–Crippen LogP) is -2.38. The summed E-state index contributed by atoms with van der Waals surface area (Å²) in [5.74, 6) is -1.39. The number of carbonyl (C=O) groups is 3. The summed E-state index contributed by atoms with van der Waals surface area (Å²) in [6, 6.07) is -1.69. The Morgan fingerprint density at radius 2 is 2.06 bits per heavy atom. The molecule has 5 N–H and O–H groups in total. The van der Waals surface area contributed by atoms with Gasteiger partial charge in [0.25, 0.3) is 0 Å². The van der Waals surface area contributed by atoms with Crippen molar-refractivity contribution < 1.29 is 19.5 Å². The van der Waals surface area contributed by atoms with Crippen molar-refractivity contribution in [2.24, 2.45) is 5.73 Å². The number of rotatable bonds is 4. The molecule has 0 spiro atoms. The van der Waals surface area contributed by atoms with E-state index in [1.54, 1.807) is 0 Å². The molecule has 90 valence electrons. The average Bonchev–Trinajstić information content (AvgIpc) is 2.18. The first kappa shape index (κ1) is 12.4. The van der Waals surface area contributed by atoms with E-state index >= 15 is 0 Å². The summed E-state index contributed by atoms with van der Waals surface area (Å²) in [5, 5.41) is 14.0. The predicted molar refractivity (Wildman–Crippen MR) is 54.0 cm³/mol. The van der Waals surface area contributed by atoms with Crippen molar-refractivity contribution in [2.75, 3.05) is 0 Å². The van der Waals surface area contributed by atoms with Gasteiger partial charge < -0.3 is 21.5 Å². The van der Waals surface area contributed by atoms with Crippen LogP contribution in [-0.4, -0.2) is 41.0 Å². The van der Waals surface area contributed by atoms with Crippen LogP contribution in [0.1, 0.15) is 19.8 Å². The molecule has 0 saturated carbocycles. The molecule has 0 unspecified atom stereocenters. The lowest BCUT2D eigenvalue weighted by molar-refractivity contribution is -0.139. The van der Waals surface area contributed by atoms with Crippen LogP contribution in [-0.2, 0) is 14.4 Å². The highest BCUT2D eigenvalue weighted by molar-refractivity contribution is 5.97. The molecule has 0 radical (unpaired) electrons. The second kappa shape index (κ2) is 4.93.